The summed E-state index contributed by atoms with van der Waals surface area (Å²) in [5.41, 5.74) is 2.96. The third-order valence-corrected chi connectivity index (χ3v) is 4.67. The smallest absolute Gasteiger partial charge is 0.261 e. The molecule has 0 spiro atoms. The molecule has 0 bridgehead atoms. The van der Waals surface area contributed by atoms with Gasteiger partial charge in [-0.05, 0) is 36.1 Å². The Morgan fingerprint density at radius 2 is 1.64 bits per heavy atom. The number of benzene rings is 2. The quantitative estimate of drug-likeness (QED) is 0.670. The maximum Gasteiger partial charge on any atom is 0.261 e. The summed E-state index contributed by atoms with van der Waals surface area (Å²) in [7, 11) is 0. The highest BCUT2D eigenvalue weighted by Crippen LogP contribution is 2.35. The molecule has 0 aliphatic carbocycles. The molecule has 2 heterocycles. The van der Waals surface area contributed by atoms with Gasteiger partial charge in [0, 0.05) is 34.8 Å². The molecule has 4 heteroatoms. The topological polar surface area (TPSA) is 50.3 Å². The second-order valence-corrected chi connectivity index (χ2v) is 6.22. The first-order valence-electron chi connectivity index (χ1n) is 8.55. The van der Waals surface area contributed by atoms with Gasteiger partial charge in [0.05, 0.1) is 5.69 Å². The van der Waals surface area contributed by atoms with Gasteiger partial charge in [0.1, 0.15) is 0 Å². The summed E-state index contributed by atoms with van der Waals surface area (Å²) < 4.78 is 0. The Kier molecular flexibility index (Phi) is 3.80. The third-order valence-electron chi connectivity index (χ3n) is 4.67. The van der Waals surface area contributed by atoms with Gasteiger partial charge >= 0.3 is 0 Å². The molecule has 0 fully saturated rings. The number of hydrogen-bond donors (Lipinski definition) is 0. The lowest BCUT2D eigenvalue weighted by atomic mass is 9.90. The molecule has 25 heavy (non-hydrogen) atoms. The molecular formula is C21H18N2O2. The Bertz CT molecular complexity index is 958. The average Bonchev–Trinajstić information content (AvgIpc) is 2.66. The number of pyridine rings is 1. The number of carbonyl (C=O) groups excluding carboxylic acids is 2. The number of rotatable bonds is 4. The van der Waals surface area contributed by atoms with Crippen LogP contribution in [0, 0.1) is 0 Å². The van der Waals surface area contributed by atoms with E-state index >= 15 is 0 Å². The standard InChI is InChI=1S/C21H18N2O2/c1-2-3-13-23-20(24)16-8-6-7-15-14(18-9-4-5-12-22-18)10-11-17(19(15)16)21(23)25/h4-12H,2-3,13H2,1H3. The van der Waals surface area contributed by atoms with Crippen molar-refractivity contribution in [2.45, 2.75) is 19.8 Å². The molecule has 2 aromatic carbocycles. The molecule has 1 aromatic heterocycles. The molecule has 1 aliphatic heterocycles. The van der Waals surface area contributed by atoms with Crippen LogP contribution in [0.25, 0.3) is 22.0 Å². The van der Waals surface area contributed by atoms with Crippen molar-refractivity contribution < 1.29 is 9.59 Å². The van der Waals surface area contributed by atoms with Crippen LogP contribution in [0.4, 0.5) is 0 Å². The van der Waals surface area contributed by atoms with Gasteiger partial charge in [0.15, 0.2) is 0 Å². The number of hydrogen-bond acceptors (Lipinski definition) is 3. The maximum absolute atomic E-state index is 12.9. The number of amides is 2. The van der Waals surface area contributed by atoms with Crippen LogP contribution in [0.1, 0.15) is 40.5 Å². The largest absolute Gasteiger partial charge is 0.274 e. The lowest BCUT2D eigenvalue weighted by Crippen LogP contribution is -2.40. The van der Waals surface area contributed by atoms with Crippen molar-refractivity contribution in [3.8, 4) is 11.3 Å². The summed E-state index contributed by atoms with van der Waals surface area (Å²) in [6, 6.07) is 15.1. The number of aromatic nitrogens is 1. The van der Waals surface area contributed by atoms with Crippen molar-refractivity contribution in [1.29, 1.82) is 0 Å². The van der Waals surface area contributed by atoms with E-state index in [9.17, 15) is 9.59 Å². The normalized spacial score (nSPS) is 13.6. The summed E-state index contributed by atoms with van der Waals surface area (Å²) in [6.45, 7) is 2.51. The van der Waals surface area contributed by atoms with Crippen molar-refractivity contribution in [1.82, 2.24) is 9.88 Å². The fourth-order valence-corrected chi connectivity index (χ4v) is 3.41. The first-order valence-corrected chi connectivity index (χ1v) is 8.55. The molecule has 124 valence electrons. The molecule has 1 aliphatic rings. The molecule has 0 saturated carbocycles. The molecule has 0 atom stereocenters. The molecule has 4 nitrogen and oxygen atoms in total. The van der Waals surface area contributed by atoms with Crippen LogP contribution < -0.4 is 0 Å². The first kappa shape index (κ1) is 15.5. The van der Waals surface area contributed by atoms with E-state index in [2.05, 4.69) is 4.98 Å². The first-order chi connectivity index (χ1) is 12.2. The zero-order chi connectivity index (χ0) is 17.4. The Hall–Kier alpha value is -3.01. The van der Waals surface area contributed by atoms with Gasteiger partial charge < -0.3 is 0 Å². The number of nitrogens with zero attached hydrogens (tertiary/aromatic N) is 2. The van der Waals surface area contributed by atoms with Crippen molar-refractivity contribution in [3.05, 3.63) is 65.9 Å². The summed E-state index contributed by atoms with van der Waals surface area (Å²) in [6.07, 6.45) is 3.50. The minimum absolute atomic E-state index is 0.199. The van der Waals surface area contributed by atoms with Crippen LogP contribution in [-0.2, 0) is 0 Å². The van der Waals surface area contributed by atoms with Crippen molar-refractivity contribution >= 4 is 22.6 Å². The van der Waals surface area contributed by atoms with Gasteiger partial charge in [-0.25, -0.2) is 0 Å². The van der Waals surface area contributed by atoms with Crippen molar-refractivity contribution in [3.63, 3.8) is 0 Å². The lowest BCUT2D eigenvalue weighted by molar-refractivity contribution is 0.0608. The van der Waals surface area contributed by atoms with Gasteiger partial charge in [-0.1, -0.05) is 37.6 Å². The van der Waals surface area contributed by atoms with Crippen LogP contribution in [0.3, 0.4) is 0 Å². The van der Waals surface area contributed by atoms with Crippen LogP contribution in [0.2, 0.25) is 0 Å². The minimum atomic E-state index is -0.199. The average molecular weight is 330 g/mol. The van der Waals surface area contributed by atoms with E-state index in [1.54, 1.807) is 6.20 Å². The highest BCUT2D eigenvalue weighted by Gasteiger charge is 2.32. The molecule has 4 rings (SSSR count). The molecule has 2 amide bonds. The summed E-state index contributed by atoms with van der Waals surface area (Å²) in [5.74, 6) is -0.399. The van der Waals surface area contributed by atoms with Gasteiger partial charge in [0.2, 0.25) is 0 Å². The molecule has 0 radical (unpaired) electrons. The second-order valence-electron chi connectivity index (χ2n) is 6.22. The predicted octanol–water partition coefficient (Wildman–Crippen LogP) is 4.30. The molecule has 0 N–H and O–H groups in total. The van der Waals surface area contributed by atoms with E-state index in [1.165, 1.54) is 4.90 Å². The maximum atomic E-state index is 12.9. The SMILES string of the molecule is CCCCN1C(=O)c2cccc3c(-c4ccccn4)ccc(c23)C1=O. The Morgan fingerprint density at radius 1 is 0.880 bits per heavy atom. The summed E-state index contributed by atoms with van der Waals surface area (Å²) >= 11 is 0. The van der Waals surface area contributed by atoms with E-state index in [0.717, 1.165) is 34.9 Å². The summed E-state index contributed by atoms with van der Waals surface area (Å²) in [4.78, 5) is 31.5. The van der Waals surface area contributed by atoms with Crippen LogP contribution >= 0.6 is 0 Å². The number of imide groups is 1. The fourth-order valence-electron chi connectivity index (χ4n) is 3.41. The second kappa shape index (κ2) is 6.13. The van der Waals surface area contributed by atoms with Crippen molar-refractivity contribution in [2.75, 3.05) is 6.54 Å². The predicted molar refractivity (Wildman–Crippen MR) is 97.5 cm³/mol. The van der Waals surface area contributed by atoms with E-state index in [1.807, 2.05) is 55.5 Å². The number of unbranched alkanes of at least 4 members (excludes halogenated alkanes) is 1. The van der Waals surface area contributed by atoms with Gasteiger partial charge in [-0.15, -0.1) is 0 Å². The van der Waals surface area contributed by atoms with Gasteiger partial charge in [0.25, 0.3) is 11.8 Å². The monoisotopic (exact) mass is 330 g/mol. The number of carbonyl (C=O) groups is 2. The van der Waals surface area contributed by atoms with Gasteiger partial charge in [-0.3, -0.25) is 19.5 Å². The fraction of sp³-hybridized carbons (Fsp3) is 0.190. The Morgan fingerprint density at radius 3 is 2.36 bits per heavy atom. The van der Waals surface area contributed by atoms with Crippen LogP contribution in [0.5, 0.6) is 0 Å². The molecule has 3 aromatic rings. The molecule has 0 unspecified atom stereocenters. The molecule has 0 saturated heterocycles. The van der Waals surface area contributed by atoms with E-state index in [-0.39, 0.29) is 11.8 Å². The highest BCUT2D eigenvalue weighted by molar-refractivity contribution is 6.26. The Balaban J connectivity index is 1.94. The minimum Gasteiger partial charge on any atom is -0.274 e. The van der Waals surface area contributed by atoms with E-state index in [0.29, 0.717) is 17.7 Å². The lowest BCUT2D eigenvalue weighted by Gasteiger charge is -2.27. The molecular weight excluding hydrogens is 312 g/mol. The van der Waals surface area contributed by atoms with E-state index in [4.69, 9.17) is 0 Å². The van der Waals surface area contributed by atoms with E-state index < -0.39 is 0 Å². The van der Waals surface area contributed by atoms with Crippen LogP contribution in [0.15, 0.2) is 54.7 Å². The van der Waals surface area contributed by atoms with Gasteiger partial charge in [-0.2, -0.15) is 0 Å². The highest BCUT2D eigenvalue weighted by atomic mass is 16.2. The third kappa shape index (κ3) is 2.41. The summed E-state index contributed by atoms with van der Waals surface area (Å²) in [5, 5.41) is 1.64. The zero-order valence-corrected chi connectivity index (χ0v) is 14.0. The van der Waals surface area contributed by atoms with Crippen molar-refractivity contribution in [2.24, 2.45) is 0 Å². The van der Waals surface area contributed by atoms with Crippen LogP contribution in [-0.4, -0.2) is 28.2 Å². The Labute approximate surface area is 146 Å². The zero-order valence-electron chi connectivity index (χ0n) is 14.0.